The summed E-state index contributed by atoms with van der Waals surface area (Å²) in [5.74, 6) is -1.27. The number of alkyl halides is 3. The Balaban J connectivity index is 2.88. The molecular formula is C10H11F3N2O4S. The molecule has 0 heterocycles. The van der Waals surface area contributed by atoms with Gasteiger partial charge in [-0.2, -0.15) is 26.3 Å². The maximum atomic E-state index is 11.9. The van der Waals surface area contributed by atoms with Crippen LogP contribution in [0.1, 0.15) is 15.9 Å². The van der Waals surface area contributed by atoms with Crippen LogP contribution in [0.25, 0.3) is 0 Å². The Morgan fingerprint density at radius 1 is 1.35 bits per heavy atom. The van der Waals surface area contributed by atoms with Crippen LogP contribution < -0.4 is 9.44 Å². The molecule has 10 heteroatoms. The first kappa shape index (κ1) is 16.2. The molecule has 0 fully saturated rings. The van der Waals surface area contributed by atoms with Gasteiger partial charge in [0, 0.05) is 0 Å². The number of carbonyl (C=O) groups is 1. The van der Waals surface area contributed by atoms with Crippen molar-refractivity contribution >= 4 is 21.9 Å². The van der Waals surface area contributed by atoms with Crippen molar-refractivity contribution in [3.8, 4) is 0 Å². The van der Waals surface area contributed by atoms with E-state index in [1.807, 2.05) is 4.72 Å². The molecule has 1 aromatic carbocycles. The second kappa shape index (κ2) is 5.67. The highest BCUT2D eigenvalue weighted by Crippen LogP contribution is 2.17. The van der Waals surface area contributed by atoms with Gasteiger partial charge in [0.15, 0.2) is 0 Å². The third kappa shape index (κ3) is 5.05. The summed E-state index contributed by atoms with van der Waals surface area (Å²) in [6, 6.07) is 3.60. The van der Waals surface area contributed by atoms with E-state index in [1.54, 1.807) is 0 Å². The minimum absolute atomic E-state index is 0.150. The molecule has 0 aliphatic heterocycles. The standard InChI is InChI=1S/C10H11F3N2O4S/c1-6-2-3-7(4-8(6)9(16)17)15-20(18,19)14-5-10(11,12)13/h2-4,14-15H,5H2,1H3,(H,16,17). The normalized spacial score (nSPS) is 12.2. The Bertz CT molecular complexity index is 613. The van der Waals surface area contributed by atoms with Crippen LogP contribution in [-0.2, 0) is 10.2 Å². The average molecular weight is 312 g/mol. The molecule has 0 aromatic heterocycles. The van der Waals surface area contributed by atoms with Gasteiger partial charge in [-0.1, -0.05) is 6.07 Å². The number of rotatable bonds is 5. The predicted molar refractivity (Wildman–Crippen MR) is 64.7 cm³/mol. The van der Waals surface area contributed by atoms with E-state index in [9.17, 15) is 26.4 Å². The summed E-state index contributed by atoms with van der Waals surface area (Å²) in [6.45, 7) is -0.219. The van der Waals surface area contributed by atoms with Gasteiger partial charge in [-0.15, -0.1) is 0 Å². The molecule has 0 aliphatic rings. The fraction of sp³-hybridized carbons (Fsp3) is 0.300. The molecule has 0 radical (unpaired) electrons. The number of nitrogens with one attached hydrogen (secondary N) is 2. The molecule has 0 unspecified atom stereocenters. The van der Waals surface area contributed by atoms with Gasteiger partial charge in [-0.3, -0.25) is 4.72 Å². The molecule has 0 amide bonds. The van der Waals surface area contributed by atoms with E-state index in [4.69, 9.17) is 5.11 Å². The third-order valence-corrected chi connectivity index (χ3v) is 3.21. The summed E-state index contributed by atoms with van der Waals surface area (Å²) in [4.78, 5) is 10.9. The van der Waals surface area contributed by atoms with E-state index in [1.165, 1.54) is 23.8 Å². The highest BCUT2D eigenvalue weighted by atomic mass is 32.2. The van der Waals surface area contributed by atoms with Gasteiger partial charge in [0.05, 0.1) is 11.3 Å². The van der Waals surface area contributed by atoms with Crippen LogP contribution in [0.3, 0.4) is 0 Å². The van der Waals surface area contributed by atoms with Crippen molar-refractivity contribution in [1.82, 2.24) is 4.72 Å². The predicted octanol–water partition coefficient (Wildman–Crippen LogP) is 1.50. The Hall–Kier alpha value is -1.81. The average Bonchev–Trinajstić information content (AvgIpc) is 2.28. The Morgan fingerprint density at radius 2 is 1.95 bits per heavy atom. The molecule has 1 rings (SSSR count). The molecule has 112 valence electrons. The molecule has 0 spiro atoms. The highest BCUT2D eigenvalue weighted by molar-refractivity contribution is 7.90. The smallest absolute Gasteiger partial charge is 0.402 e. The lowest BCUT2D eigenvalue weighted by Gasteiger charge is -2.12. The quantitative estimate of drug-likeness (QED) is 0.768. The first-order chi connectivity index (χ1) is 9.00. The zero-order chi connectivity index (χ0) is 15.6. The molecule has 0 bridgehead atoms. The van der Waals surface area contributed by atoms with Gasteiger partial charge in [-0.05, 0) is 24.6 Å². The van der Waals surface area contributed by atoms with Gasteiger partial charge >= 0.3 is 12.1 Å². The maximum absolute atomic E-state index is 11.9. The molecule has 0 aliphatic carbocycles. The molecular weight excluding hydrogens is 301 g/mol. The van der Waals surface area contributed by atoms with Crippen molar-refractivity contribution in [3.05, 3.63) is 29.3 Å². The number of hydrogen-bond acceptors (Lipinski definition) is 3. The Morgan fingerprint density at radius 3 is 2.45 bits per heavy atom. The van der Waals surface area contributed by atoms with E-state index in [2.05, 4.69) is 0 Å². The van der Waals surface area contributed by atoms with E-state index in [-0.39, 0.29) is 11.3 Å². The van der Waals surface area contributed by atoms with Gasteiger partial charge < -0.3 is 5.11 Å². The minimum Gasteiger partial charge on any atom is -0.478 e. The van der Waals surface area contributed by atoms with Gasteiger partial charge in [0.2, 0.25) is 0 Å². The number of hydrogen-bond donors (Lipinski definition) is 3. The Labute approximate surface area is 112 Å². The number of halogens is 3. The topological polar surface area (TPSA) is 95.5 Å². The molecule has 0 atom stereocenters. The first-order valence-corrected chi connectivity index (χ1v) is 6.66. The largest absolute Gasteiger partial charge is 0.478 e. The number of aromatic carboxylic acids is 1. The first-order valence-electron chi connectivity index (χ1n) is 5.18. The maximum Gasteiger partial charge on any atom is 0.402 e. The van der Waals surface area contributed by atoms with E-state index in [0.717, 1.165) is 6.07 Å². The van der Waals surface area contributed by atoms with Gasteiger partial charge in [0.25, 0.3) is 10.2 Å². The summed E-state index contributed by atoms with van der Waals surface area (Å²) in [7, 11) is -4.44. The van der Waals surface area contributed by atoms with E-state index >= 15 is 0 Å². The van der Waals surface area contributed by atoms with Crippen molar-refractivity contribution in [1.29, 1.82) is 0 Å². The molecule has 6 nitrogen and oxygen atoms in total. The second-order valence-electron chi connectivity index (χ2n) is 3.88. The zero-order valence-corrected chi connectivity index (χ0v) is 11.0. The van der Waals surface area contributed by atoms with E-state index < -0.39 is 28.9 Å². The summed E-state index contributed by atoms with van der Waals surface area (Å²) in [5.41, 5.74) is 0.0902. The molecule has 1 aromatic rings. The summed E-state index contributed by atoms with van der Waals surface area (Å²) < 4.78 is 61.5. The van der Waals surface area contributed by atoms with Crippen LogP contribution in [0.5, 0.6) is 0 Å². The highest BCUT2D eigenvalue weighted by Gasteiger charge is 2.29. The molecule has 0 saturated carbocycles. The van der Waals surface area contributed by atoms with Crippen LogP contribution in [-0.4, -0.2) is 32.2 Å². The lowest BCUT2D eigenvalue weighted by atomic mass is 10.1. The van der Waals surface area contributed by atoms with Crippen molar-refractivity contribution in [2.24, 2.45) is 0 Å². The van der Waals surface area contributed by atoms with Crippen molar-refractivity contribution in [2.45, 2.75) is 13.1 Å². The molecule has 3 N–H and O–H groups in total. The zero-order valence-electron chi connectivity index (χ0n) is 10.2. The van der Waals surface area contributed by atoms with Crippen LogP contribution in [0.15, 0.2) is 18.2 Å². The lowest BCUT2D eigenvalue weighted by molar-refractivity contribution is -0.121. The number of anilines is 1. The van der Waals surface area contributed by atoms with Crippen LogP contribution in [0.4, 0.5) is 18.9 Å². The summed E-state index contributed by atoms with van der Waals surface area (Å²) >= 11 is 0. The minimum atomic E-state index is -4.69. The monoisotopic (exact) mass is 312 g/mol. The molecule has 0 saturated heterocycles. The van der Waals surface area contributed by atoms with Crippen LogP contribution in [0.2, 0.25) is 0 Å². The number of carboxylic acid groups (broad SMARTS) is 1. The summed E-state index contributed by atoms with van der Waals surface area (Å²) in [6.07, 6.45) is -4.69. The lowest BCUT2D eigenvalue weighted by Crippen LogP contribution is -2.37. The van der Waals surface area contributed by atoms with Crippen molar-refractivity contribution < 1.29 is 31.5 Å². The van der Waals surface area contributed by atoms with Crippen molar-refractivity contribution in [3.63, 3.8) is 0 Å². The Kier molecular flexibility index (Phi) is 4.61. The number of carboxylic acids is 1. The third-order valence-electron chi connectivity index (χ3n) is 2.18. The fourth-order valence-electron chi connectivity index (χ4n) is 1.28. The van der Waals surface area contributed by atoms with Gasteiger partial charge in [-0.25, -0.2) is 4.79 Å². The van der Waals surface area contributed by atoms with E-state index in [0.29, 0.717) is 5.56 Å². The second-order valence-corrected chi connectivity index (χ2v) is 5.38. The fourth-order valence-corrected chi connectivity index (χ4v) is 2.15. The molecule has 20 heavy (non-hydrogen) atoms. The number of aryl methyl sites for hydroxylation is 1. The van der Waals surface area contributed by atoms with Gasteiger partial charge in [0.1, 0.15) is 6.54 Å². The van der Waals surface area contributed by atoms with Crippen molar-refractivity contribution in [2.75, 3.05) is 11.3 Å². The SMILES string of the molecule is Cc1ccc(NS(=O)(=O)NCC(F)(F)F)cc1C(=O)O. The number of benzene rings is 1. The van der Waals surface area contributed by atoms with Crippen LogP contribution in [0, 0.1) is 6.92 Å². The summed E-state index contributed by atoms with van der Waals surface area (Å²) in [5, 5.41) is 8.86. The van der Waals surface area contributed by atoms with Crippen LogP contribution >= 0.6 is 0 Å².